The molecule has 0 fully saturated rings. The maximum Gasteiger partial charge on any atom is 0.325 e. The van der Waals surface area contributed by atoms with Crippen LogP contribution in [0.2, 0.25) is 0 Å². The zero-order chi connectivity index (χ0) is 15.2. The van der Waals surface area contributed by atoms with Crippen molar-refractivity contribution in [1.29, 1.82) is 0 Å². The van der Waals surface area contributed by atoms with Gasteiger partial charge in [0.2, 0.25) is 0 Å². The molecule has 0 saturated heterocycles. The van der Waals surface area contributed by atoms with E-state index >= 15 is 0 Å². The number of esters is 1. The SMILES string of the molecule is Nc1ccc(C(C(=O)O)C(=O)OCc2ccccc2)cc1. The first-order valence-electron chi connectivity index (χ1n) is 6.36. The lowest BCUT2D eigenvalue weighted by Gasteiger charge is -2.12. The molecule has 0 saturated carbocycles. The third-order valence-electron chi connectivity index (χ3n) is 2.98. The fraction of sp³-hybridized carbons (Fsp3) is 0.125. The number of nitrogen functional groups attached to an aromatic ring is 1. The van der Waals surface area contributed by atoms with Crippen LogP contribution in [0.15, 0.2) is 54.6 Å². The van der Waals surface area contributed by atoms with Crippen molar-refractivity contribution in [2.45, 2.75) is 12.5 Å². The summed E-state index contributed by atoms with van der Waals surface area (Å²) in [5.41, 5.74) is 7.19. The first-order chi connectivity index (χ1) is 10.1. The minimum Gasteiger partial charge on any atom is -0.480 e. The average molecular weight is 285 g/mol. The monoisotopic (exact) mass is 285 g/mol. The summed E-state index contributed by atoms with van der Waals surface area (Å²) in [6.07, 6.45) is 0. The molecule has 5 heteroatoms. The van der Waals surface area contributed by atoms with Crippen molar-refractivity contribution in [3.63, 3.8) is 0 Å². The number of carboxylic acids is 1. The summed E-state index contributed by atoms with van der Waals surface area (Å²) in [6.45, 7) is 0.0401. The van der Waals surface area contributed by atoms with Gasteiger partial charge in [0.25, 0.3) is 0 Å². The van der Waals surface area contributed by atoms with Gasteiger partial charge in [-0.25, -0.2) is 0 Å². The minimum absolute atomic E-state index is 0.0401. The van der Waals surface area contributed by atoms with E-state index in [1.54, 1.807) is 24.3 Å². The van der Waals surface area contributed by atoms with E-state index < -0.39 is 17.9 Å². The second-order valence-electron chi connectivity index (χ2n) is 4.53. The number of carbonyl (C=O) groups excluding carboxylic acids is 1. The van der Waals surface area contributed by atoms with Crippen molar-refractivity contribution in [2.24, 2.45) is 0 Å². The van der Waals surface area contributed by atoms with Crippen molar-refractivity contribution >= 4 is 17.6 Å². The van der Waals surface area contributed by atoms with Crippen LogP contribution in [0.25, 0.3) is 0 Å². The Balaban J connectivity index is 2.09. The highest BCUT2D eigenvalue weighted by molar-refractivity contribution is 6.00. The fourth-order valence-corrected chi connectivity index (χ4v) is 1.88. The zero-order valence-electron chi connectivity index (χ0n) is 11.2. The van der Waals surface area contributed by atoms with Gasteiger partial charge in [-0.3, -0.25) is 9.59 Å². The van der Waals surface area contributed by atoms with Crippen LogP contribution < -0.4 is 5.73 Å². The molecule has 0 amide bonds. The maximum atomic E-state index is 12.0. The Morgan fingerprint density at radius 3 is 2.24 bits per heavy atom. The van der Waals surface area contributed by atoms with Gasteiger partial charge < -0.3 is 15.6 Å². The summed E-state index contributed by atoms with van der Waals surface area (Å²) in [7, 11) is 0. The molecule has 2 aromatic carbocycles. The molecule has 2 rings (SSSR count). The molecular weight excluding hydrogens is 270 g/mol. The lowest BCUT2D eigenvalue weighted by Crippen LogP contribution is -2.23. The van der Waals surface area contributed by atoms with Crippen LogP contribution in [0.1, 0.15) is 17.0 Å². The van der Waals surface area contributed by atoms with Gasteiger partial charge in [0.05, 0.1) is 0 Å². The molecule has 0 bridgehead atoms. The summed E-state index contributed by atoms with van der Waals surface area (Å²) < 4.78 is 5.09. The Bertz CT molecular complexity index is 622. The molecule has 5 nitrogen and oxygen atoms in total. The summed E-state index contributed by atoms with van der Waals surface area (Å²) in [5, 5.41) is 9.23. The Morgan fingerprint density at radius 1 is 1.05 bits per heavy atom. The Labute approximate surface area is 122 Å². The van der Waals surface area contributed by atoms with Gasteiger partial charge in [0.15, 0.2) is 5.92 Å². The van der Waals surface area contributed by atoms with Gasteiger partial charge in [-0.1, -0.05) is 42.5 Å². The molecule has 0 aliphatic carbocycles. The largest absolute Gasteiger partial charge is 0.480 e. The van der Waals surface area contributed by atoms with Crippen LogP contribution in [-0.4, -0.2) is 17.0 Å². The highest BCUT2D eigenvalue weighted by Gasteiger charge is 2.29. The first kappa shape index (κ1) is 14.6. The molecule has 1 atom stereocenters. The lowest BCUT2D eigenvalue weighted by atomic mass is 9.99. The van der Waals surface area contributed by atoms with E-state index in [9.17, 15) is 14.7 Å². The van der Waals surface area contributed by atoms with Crippen molar-refractivity contribution in [3.05, 3.63) is 65.7 Å². The molecule has 0 radical (unpaired) electrons. The van der Waals surface area contributed by atoms with Crippen molar-refractivity contribution < 1.29 is 19.4 Å². The van der Waals surface area contributed by atoms with Gasteiger partial charge in [-0.2, -0.15) is 0 Å². The van der Waals surface area contributed by atoms with Crippen LogP contribution >= 0.6 is 0 Å². The molecule has 0 heterocycles. The predicted octanol–water partition coefficient (Wildman–Crippen LogP) is 2.18. The van der Waals surface area contributed by atoms with Crippen LogP contribution in [0.4, 0.5) is 5.69 Å². The minimum atomic E-state index is -1.35. The molecule has 1 unspecified atom stereocenters. The van der Waals surface area contributed by atoms with Crippen molar-refractivity contribution in [1.82, 2.24) is 0 Å². The highest BCUT2D eigenvalue weighted by Crippen LogP contribution is 2.20. The Kier molecular flexibility index (Phi) is 4.56. The predicted molar refractivity (Wildman–Crippen MR) is 77.5 cm³/mol. The number of nitrogens with two attached hydrogens (primary N) is 1. The summed E-state index contributed by atoms with van der Waals surface area (Å²) >= 11 is 0. The number of aliphatic carboxylic acids is 1. The zero-order valence-corrected chi connectivity index (χ0v) is 11.2. The number of hydrogen-bond donors (Lipinski definition) is 2. The van der Waals surface area contributed by atoms with Crippen molar-refractivity contribution in [2.75, 3.05) is 5.73 Å². The number of carboxylic acid groups (broad SMARTS) is 1. The van der Waals surface area contributed by atoms with Crippen LogP contribution in [0, 0.1) is 0 Å². The number of hydrogen-bond acceptors (Lipinski definition) is 4. The Morgan fingerprint density at radius 2 is 1.67 bits per heavy atom. The number of carbonyl (C=O) groups is 2. The molecule has 108 valence electrons. The molecule has 0 aliphatic rings. The molecule has 0 spiro atoms. The molecule has 2 aromatic rings. The summed E-state index contributed by atoms with van der Waals surface area (Å²) in [5.74, 6) is -3.40. The highest BCUT2D eigenvalue weighted by atomic mass is 16.5. The van der Waals surface area contributed by atoms with E-state index in [2.05, 4.69) is 0 Å². The molecule has 3 N–H and O–H groups in total. The third-order valence-corrected chi connectivity index (χ3v) is 2.98. The van der Waals surface area contributed by atoms with Gasteiger partial charge in [0, 0.05) is 5.69 Å². The van der Waals surface area contributed by atoms with Gasteiger partial charge in [-0.05, 0) is 23.3 Å². The summed E-state index contributed by atoms with van der Waals surface area (Å²) in [4.78, 5) is 23.3. The normalized spacial score (nSPS) is 11.6. The van der Waals surface area contributed by atoms with Crippen LogP contribution in [0.5, 0.6) is 0 Å². The fourth-order valence-electron chi connectivity index (χ4n) is 1.88. The lowest BCUT2D eigenvalue weighted by molar-refractivity contribution is -0.155. The summed E-state index contributed by atoms with van der Waals surface area (Å²) in [6, 6.07) is 15.2. The van der Waals surface area contributed by atoms with E-state index in [1.165, 1.54) is 12.1 Å². The topological polar surface area (TPSA) is 89.6 Å². The van der Waals surface area contributed by atoms with Gasteiger partial charge in [0.1, 0.15) is 6.61 Å². The van der Waals surface area contributed by atoms with Gasteiger partial charge in [-0.15, -0.1) is 0 Å². The van der Waals surface area contributed by atoms with E-state index in [4.69, 9.17) is 10.5 Å². The van der Waals surface area contributed by atoms with E-state index in [-0.39, 0.29) is 6.61 Å². The van der Waals surface area contributed by atoms with E-state index in [1.807, 2.05) is 18.2 Å². The van der Waals surface area contributed by atoms with Crippen LogP contribution in [0.3, 0.4) is 0 Å². The number of anilines is 1. The standard InChI is InChI=1S/C16H15NO4/c17-13-8-6-12(7-9-13)14(15(18)19)16(20)21-10-11-4-2-1-3-5-11/h1-9,14H,10,17H2,(H,18,19). The van der Waals surface area contributed by atoms with E-state index in [0.717, 1.165) is 5.56 Å². The molecule has 21 heavy (non-hydrogen) atoms. The number of benzene rings is 2. The molecular formula is C16H15NO4. The third kappa shape index (κ3) is 3.82. The Hall–Kier alpha value is -2.82. The molecule has 0 aliphatic heterocycles. The number of rotatable bonds is 5. The number of ether oxygens (including phenoxy) is 1. The average Bonchev–Trinajstić information content (AvgIpc) is 2.48. The molecule has 0 aromatic heterocycles. The van der Waals surface area contributed by atoms with E-state index in [0.29, 0.717) is 11.3 Å². The maximum absolute atomic E-state index is 12.0. The second-order valence-corrected chi connectivity index (χ2v) is 4.53. The first-order valence-corrected chi connectivity index (χ1v) is 6.36. The smallest absolute Gasteiger partial charge is 0.325 e. The van der Waals surface area contributed by atoms with Crippen LogP contribution in [-0.2, 0) is 20.9 Å². The second kappa shape index (κ2) is 6.56. The quantitative estimate of drug-likeness (QED) is 0.499. The van der Waals surface area contributed by atoms with Gasteiger partial charge >= 0.3 is 11.9 Å². The van der Waals surface area contributed by atoms with Crippen molar-refractivity contribution in [3.8, 4) is 0 Å².